The number of ether oxygens (including phenoxy) is 1. The van der Waals surface area contributed by atoms with E-state index in [2.05, 4.69) is 37.0 Å². The van der Waals surface area contributed by atoms with Crippen LogP contribution in [0.4, 0.5) is 5.69 Å². The number of allylic oxidation sites excluding steroid dienone is 3. The van der Waals surface area contributed by atoms with Gasteiger partial charge in [-0.25, -0.2) is 4.79 Å². The molecule has 0 amide bonds. The Bertz CT molecular complexity index is 1280. The molecule has 0 spiro atoms. The monoisotopic (exact) mass is 498 g/mol. The van der Waals surface area contributed by atoms with E-state index in [1.807, 2.05) is 18.5 Å². The van der Waals surface area contributed by atoms with Gasteiger partial charge in [0.05, 0.1) is 10.5 Å². The zero-order chi connectivity index (χ0) is 25.8. The van der Waals surface area contributed by atoms with Crippen molar-refractivity contribution in [2.75, 3.05) is 0 Å². The molecule has 6 atom stereocenters. The molecule has 4 aliphatic carbocycles. The Kier molecular flexibility index (Phi) is 5.81. The van der Waals surface area contributed by atoms with Crippen LogP contribution in [0.25, 0.3) is 5.57 Å². The summed E-state index contributed by atoms with van der Waals surface area (Å²) in [6.07, 6.45) is 16.1. The predicted octanol–water partition coefficient (Wildman–Crippen LogP) is 7.17. The van der Waals surface area contributed by atoms with Gasteiger partial charge < -0.3 is 4.74 Å². The van der Waals surface area contributed by atoms with Crippen LogP contribution in [0, 0.1) is 38.7 Å². The summed E-state index contributed by atoms with van der Waals surface area (Å²) in [4.78, 5) is 27.6. The van der Waals surface area contributed by atoms with E-state index < -0.39 is 10.9 Å². The minimum Gasteiger partial charge on any atom is -0.458 e. The van der Waals surface area contributed by atoms with Crippen LogP contribution in [0.5, 0.6) is 0 Å². The van der Waals surface area contributed by atoms with Gasteiger partial charge in [-0.15, -0.1) is 0 Å². The molecular weight excluding hydrogens is 464 g/mol. The Labute approximate surface area is 218 Å². The molecule has 37 heavy (non-hydrogen) atoms. The van der Waals surface area contributed by atoms with Crippen molar-refractivity contribution >= 4 is 17.2 Å². The number of fused-ring (bicyclic) bond motifs is 5. The number of nitro benzene ring substituents is 1. The molecule has 0 saturated heterocycles. The third kappa shape index (κ3) is 3.92. The fourth-order valence-electron chi connectivity index (χ4n) is 8.20. The molecule has 6 heteroatoms. The summed E-state index contributed by atoms with van der Waals surface area (Å²) in [7, 11) is 0. The zero-order valence-electron chi connectivity index (χ0n) is 21.6. The number of rotatable bonds is 4. The second kappa shape index (κ2) is 8.93. The lowest BCUT2D eigenvalue weighted by Gasteiger charge is -2.57. The van der Waals surface area contributed by atoms with Gasteiger partial charge in [-0.2, -0.15) is 0 Å². The van der Waals surface area contributed by atoms with Gasteiger partial charge in [0, 0.05) is 30.9 Å². The van der Waals surface area contributed by atoms with Gasteiger partial charge >= 0.3 is 5.97 Å². The van der Waals surface area contributed by atoms with E-state index in [-0.39, 0.29) is 22.6 Å². The van der Waals surface area contributed by atoms with Crippen molar-refractivity contribution < 1.29 is 14.5 Å². The zero-order valence-corrected chi connectivity index (χ0v) is 21.6. The Morgan fingerprint density at radius 1 is 1.03 bits per heavy atom. The van der Waals surface area contributed by atoms with Gasteiger partial charge in [0.15, 0.2) is 0 Å². The number of benzene rings is 1. The molecule has 1 heterocycles. The number of carbonyl (C=O) groups is 1. The van der Waals surface area contributed by atoms with Crippen LogP contribution >= 0.6 is 0 Å². The molecule has 0 bridgehead atoms. The fraction of sp³-hybridized carbons (Fsp3) is 0.484. The van der Waals surface area contributed by atoms with Crippen LogP contribution in [0.2, 0.25) is 0 Å². The molecule has 0 unspecified atom stereocenters. The first kappa shape index (κ1) is 24.1. The molecule has 0 radical (unpaired) electrons. The summed E-state index contributed by atoms with van der Waals surface area (Å²) < 4.78 is 5.89. The van der Waals surface area contributed by atoms with E-state index in [0.29, 0.717) is 23.3 Å². The lowest BCUT2D eigenvalue weighted by atomic mass is 9.47. The van der Waals surface area contributed by atoms with Crippen molar-refractivity contribution in [3.63, 3.8) is 0 Å². The third-order valence-corrected chi connectivity index (χ3v) is 10.2. The van der Waals surface area contributed by atoms with Gasteiger partial charge in [0.2, 0.25) is 0 Å². The van der Waals surface area contributed by atoms with Crippen molar-refractivity contribution in [3.8, 4) is 0 Å². The molecule has 2 aromatic rings. The Morgan fingerprint density at radius 2 is 1.81 bits per heavy atom. The molecule has 6 nitrogen and oxygen atoms in total. The number of pyridine rings is 1. The summed E-state index contributed by atoms with van der Waals surface area (Å²) in [5.74, 6) is 1.61. The maximum absolute atomic E-state index is 12.7. The van der Waals surface area contributed by atoms with E-state index in [4.69, 9.17) is 4.74 Å². The Balaban J connectivity index is 1.16. The molecule has 0 aliphatic heterocycles. The highest BCUT2D eigenvalue weighted by molar-refractivity contribution is 5.89. The van der Waals surface area contributed by atoms with Gasteiger partial charge in [-0.3, -0.25) is 15.1 Å². The summed E-state index contributed by atoms with van der Waals surface area (Å²) in [6, 6.07) is 9.91. The normalized spacial score (nSPS) is 34.3. The number of nitro groups is 1. The van der Waals surface area contributed by atoms with E-state index in [1.54, 1.807) is 0 Å². The largest absolute Gasteiger partial charge is 0.458 e. The number of hydrogen-bond acceptors (Lipinski definition) is 5. The topological polar surface area (TPSA) is 82.3 Å². The predicted molar refractivity (Wildman–Crippen MR) is 142 cm³/mol. The fourth-order valence-corrected chi connectivity index (χ4v) is 8.20. The molecule has 1 aromatic heterocycles. The molecule has 2 fully saturated rings. The number of nitrogens with zero attached hydrogens (tertiary/aromatic N) is 2. The van der Waals surface area contributed by atoms with E-state index >= 15 is 0 Å². The van der Waals surface area contributed by atoms with Gasteiger partial charge in [-0.05, 0) is 96.4 Å². The number of non-ortho nitro benzene ring substituents is 1. The SMILES string of the molecule is C[C@]12CC[C@@H](OC(=O)c3ccc([N+](=O)[O-])cc3)CC1=CC[C@@H]1[C@@H]2CC[C@]2(C)C(c3cccnc3)=CC[C@@H]12. The Hall–Kier alpha value is -3.28. The van der Waals surface area contributed by atoms with Crippen LogP contribution in [0.1, 0.15) is 74.7 Å². The number of hydrogen-bond donors (Lipinski definition) is 0. The maximum atomic E-state index is 12.7. The first-order valence-electron chi connectivity index (χ1n) is 13.6. The van der Waals surface area contributed by atoms with Gasteiger partial charge in [-0.1, -0.05) is 37.6 Å². The van der Waals surface area contributed by atoms with Crippen LogP contribution in [-0.2, 0) is 4.74 Å². The standard InChI is InChI=1S/C31H34N2O4/c1-30-15-13-24(37-29(34)20-5-8-23(9-6-20)33(35)36)18-22(30)7-10-25-27-12-11-26(21-4-3-17-32-19-21)31(27,2)16-14-28(25)30/h3-9,11,17,19,24-25,27-28H,10,12-16,18H2,1-2H3/t24-,25+,27+,28+,30+,31-/m1/s1. The number of esters is 1. The average Bonchev–Trinajstić information content (AvgIpc) is 3.26. The van der Waals surface area contributed by atoms with Crippen molar-refractivity contribution in [3.05, 3.63) is 87.8 Å². The minimum atomic E-state index is -0.463. The molecule has 6 rings (SSSR count). The van der Waals surface area contributed by atoms with Crippen LogP contribution < -0.4 is 0 Å². The number of carbonyl (C=O) groups excluding carboxylic acids is 1. The van der Waals surface area contributed by atoms with Crippen LogP contribution in [0.15, 0.2) is 66.5 Å². The average molecular weight is 499 g/mol. The molecular formula is C31H34N2O4. The highest BCUT2D eigenvalue weighted by Crippen LogP contribution is 2.66. The first-order valence-corrected chi connectivity index (χ1v) is 13.6. The lowest BCUT2D eigenvalue weighted by Crippen LogP contribution is -2.50. The molecule has 4 aliphatic rings. The highest BCUT2D eigenvalue weighted by Gasteiger charge is 2.57. The molecule has 0 N–H and O–H groups in total. The maximum Gasteiger partial charge on any atom is 0.338 e. The van der Waals surface area contributed by atoms with Crippen molar-refractivity contribution in [2.24, 2.45) is 28.6 Å². The minimum absolute atomic E-state index is 0.0273. The van der Waals surface area contributed by atoms with E-state index in [1.165, 1.54) is 53.8 Å². The first-order chi connectivity index (χ1) is 17.8. The summed E-state index contributed by atoms with van der Waals surface area (Å²) in [6.45, 7) is 4.94. The second-order valence-electron chi connectivity index (χ2n) is 11.9. The van der Waals surface area contributed by atoms with E-state index in [0.717, 1.165) is 32.1 Å². The van der Waals surface area contributed by atoms with E-state index in [9.17, 15) is 14.9 Å². The van der Waals surface area contributed by atoms with Crippen molar-refractivity contribution in [1.29, 1.82) is 0 Å². The number of aromatic nitrogens is 1. The van der Waals surface area contributed by atoms with Gasteiger partial charge in [0.1, 0.15) is 6.10 Å². The summed E-state index contributed by atoms with van der Waals surface area (Å²) in [5, 5.41) is 10.9. The molecule has 2 saturated carbocycles. The highest BCUT2D eigenvalue weighted by atomic mass is 16.6. The smallest absolute Gasteiger partial charge is 0.338 e. The Morgan fingerprint density at radius 3 is 2.54 bits per heavy atom. The summed E-state index contributed by atoms with van der Waals surface area (Å²) >= 11 is 0. The van der Waals surface area contributed by atoms with Gasteiger partial charge in [0.25, 0.3) is 5.69 Å². The van der Waals surface area contributed by atoms with Crippen molar-refractivity contribution in [1.82, 2.24) is 4.98 Å². The second-order valence-corrected chi connectivity index (χ2v) is 11.9. The molecule has 192 valence electrons. The lowest BCUT2D eigenvalue weighted by molar-refractivity contribution is -0.384. The quantitative estimate of drug-likeness (QED) is 0.193. The molecule has 1 aromatic carbocycles. The van der Waals surface area contributed by atoms with Crippen molar-refractivity contribution in [2.45, 2.75) is 64.9 Å². The third-order valence-electron chi connectivity index (χ3n) is 10.2. The summed E-state index contributed by atoms with van der Waals surface area (Å²) in [5.41, 5.74) is 4.94. The van der Waals surface area contributed by atoms with Crippen LogP contribution in [-0.4, -0.2) is 22.0 Å². The van der Waals surface area contributed by atoms with Crippen LogP contribution in [0.3, 0.4) is 0 Å².